The van der Waals surface area contributed by atoms with Crippen molar-refractivity contribution >= 4 is 22.6 Å². The van der Waals surface area contributed by atoms with Crippen LogP contribution in [0.1, 0.15) is 10.4 Å². The number of aliphatic hydroxyl groups is 1. The molecule has 0 aliphatic carbocycles. The van der Waals surface area contributed by atoms with Crippen molar-refractivity contribution in [3.8, 4) is 0 Å². The number of benzene rings is 1. The molecule has 1 aromatic carbocycles. The van der Waals surface area contributed by atoms with Gasteiger partial charge >= 0.3 is 0 Å². The highest BCUT2D eigenvalue weighted by molar-refractivity contribution is 6.66. The first-order chi connectivity index (χ1) is 6.13. The number of ketones is 1. The fourth-order valence-corrected chi connectivity index (χ4v) is 0.962. The van der Waals surface area contributed by atoms with E-state index in [0.29, 0.717) is 0 Å². The summed E-state index contributed by atoms with van der Waals surface area (Å²) >= 11 is 4.96. The average molecular weight is 199 g/mol. The zero-order valence-corrected chi connectivity index (χ0v) is 7.36. The summed E-state index contributed by atoms with van der Waals surface area (Å²) in [4.78, 5) is 21.7. The van der Waals surface area contributed by atoms with Gasteiger partial charge in [0.15, 0.2) is 11.9 Å². The van der Waals surface area contributed by atoms with Gasteiger partial charge in [-0.2, -0.15) is 0 Å². The summed E-state index contributed by atoms with van der Waals surface area (Å²) in [5.41, 5.74) is 0.268. The number of aliphatic hydroxyl groups excluding tert-OH is 1. The largest absolute Gasteiger partial charge is 0.376 e. The molecule has 0 saturated carbocycles. The van der Waals surface area contributed by atoms with Crippen LogP contribution in [0, 0.1) is 0 Å². The summed E-state index contributed by atoms with van der Waals surface area (Å²) in [5, 5.41) is 7.96. The molecular formula is C9H7ClO3. The monoisotopic (exact) mass is 198 g/mol. The van der Waals surface area contributed by atoms with Crippen LogP contribution in [0.2, 0.25) is 0 Å². The van der Waals surface area contributed by atoms with Crippen LogP contribution in [0.3, 0.4) is 0 Å². The maximum atomic E-state index is 11.2. The number of halogens is 1. The molecular weight excluding hydrogens is 192 g/mol. The number of rotatable bonds is 3. The van der Waals surface area contributed by atoms with Gasteiger partial charge in [0, 0.05) is 5.56 Å². The van der Waals surface area contributed by atoms with E-state index in [1.54, 1.807) is 18.2 Å². The van der Waals surface area contributed by atoms with Crippen molar-refractivity contribution in [1.29, 1.82) is 0 Å². The molecule has 13 heavy (non-hydrogen) atoms. The second kappa shape index (κ2) is 4.16. The molecule has 0 heterocycles. The molecule has 1 atom stereocenters. The number of carbonyl (C=O) groups excluding carboxylic acids is 2. The summed E-state index contributed by atoms with van der Waals surface area (Å²) in [7, 11) is 0. The third-order valence-corrected chi connectivity index (χ3v) is 1.73. The van der Waals surface area contributed by atoms with Gasteiger partial charge in [-0.15, -0.1) is 0 Å². The van der Waals surface area contributed by atoms with Crippen molar-refractivity contribution in [2.75, 3.05) is 0 Å². The highest BCUT2D eigenvalue weighted by atomic mass is 35.5. The van der Waals surface area contributed by atoms with E-state index in [-0.39, 0.29) is 5.56 Å². The molecule has 0 radical (unpaired) electrons. The molecule has 1 unspecified atom stereocenters. The molecule has 1 rings (SSSR count). The second-order valence-corrected chi connectivity index (χ2v) is 2.81. The molecule has 0 aliphatic rings. The topological polar surface area (TPSA) is 54.4 Å². The zero-order valence-electron chi connectivity index (χ0n) is 6.61. The third-order valence-electron chi connectivity index (χ3n) is 1.52. The number of carbonyl (C=O) groups is 2. The van der Waals surface area contributed by atoms with Gasteiger partial charge in [-0.05, 0) is 11.6 Å². The number of hydrogen-bond donors (Lipinski definition) is 1. The van der Waals surface area contributed by atoms with Crippen LogP contribution in [-0.2, 0) is 4.79 Å². The first-order valence-electron chi connectivity index (χ1n) is 3.59. The minimum atomic E-state index is -1.76. The number of hydrogen-bond acceptors (Lipinski definition) is 3. The van der Waals surface area contributed by atoms with E-state index < -0.39 is 17.1 Å². The van der Waals surface area contributed by atoms with Gasteiger partial charge in [-0.3, -0.25) is 9.59 Å². The summed E-state index contributed by atoms with van der Waals surface area (Å²) in [6, 6.07) is 8.01. The first-order valence-corrected chi connectivity index (χ1v) is 3.97. The van der Waals surface area contributed by atoms with Gasteiger partial charge < -0.3 is 5.11 Å². The van der Waals surface area contributed by atoms with Gasteiger partial charge in [0.2, 0.25) is 0 Å². The lowest BCUT2D eigenvalue weighted by Gasteiger charge is -2.03. The maximum Gasteiger partial charge on any atom is 0.258 e. The second-order valence-electron chi connectivity index (χ2n) is 2.44. The lowest BCUT2D eigenvalue weighted by molar-refractivity contribution is -0.117. The van der Waals surface area contributed by atoms with Crippen molar-refractivity contribution in [2.45, 2.75) is 6.10 Å². The van der Waals surface area contributed by atoms with Gasteiger partial charge in [-0.1, -0.05) is 30.3 Å². The summed E-state index contributed by atoms with van der Waals surface area (Å²) in [6.45, 7) is 0. The Morgan fingerprint density at radius 1 is 1.23 bits per heavy atom. The molecule has 0 aromatic heterocycles. The van der Waals surface area contributed by atoms with Gasteiger partial charge in [-0.25, -0.2) is 0 Å². The fourth-order valence-electron chi connectivity index (χ4n) is 0.863. The van der Waals surface area contributed by atoms with Crippen LogP contribution in [0.15, 0.2) is 30.3 Å². The summed E-state index contributed by atoms with van der Waals surface area (Å²) in [5.74, 6) is -0.680. The molecule has 0 bridgehead atoms. The Labute approximate surface area is 79.9 Å². The highest BCUT2D eigenvalue weighted by Gasteiger charge is 2.22. The molecule has 0 amide bonds. The molecule has 1 aromatic rings. The van der Waals surface area contributed by atoms with Crippen LogP contribution in [-0.4, -0.2) is 22.2 Å². The van der Waals surface area contributed by atoms with Gasteiger partial charge in [0.05, 0.1) is 0 Å². The standard InChI is InChI=1S/C9H7ClO3/c10-9(13)8(12)7(11)6-4-2-1-3-5-6/h1-5,8,12H. The quantitative estimate of drug-likeness (QED) is 0.448. The molecule has 4 heteroatoms. The van der Waals surface area contributed by atoms with Crippen molar-refractivity contribution in [3.05, 3.63) is 35.9 Å². The van der Waals surface area contributed by atoms with Crippen molar-refractivity contribution in [2.24, 2.45) is 0 Å². The maximum absolute atomic E-state index is 11.2. The lowest BCUT2D eigenvalue weighted by Crippen LogP contribution is -2.26. The number of Topliss-reactive ketones (excluding diaryl/α,β-unsaturated/α-hetero) is 1. The lowest BCUT2D eigenvalue weighted by atomic mass is 10.1. The van der Waals surface area contributed by atoms with Crippen molar-refractivity contribution < 1.29 is 14.7 Å². The highest BCUT2D eigenvalue weighted by Crippen LogP contribution is 2.05. The van der Waals surface area contributed by atoms with Crippen LogP contribution in [0.4, 0.5) is 0 Å². The fraction of sp³-hybridized carbons (Fsp3) is 0.111. The summed E-state index contributed by atoms with van der Waals surface area (Å²) < 4.78 is 0. The Hall–Kier alpha value is -1.19. The molecule has 3 nitrogen and oxygen atoms in total. The Bertz CT molecular complexity index is 321. The zero-order chi connectivity index (χ0) is 9.84. The van der Waals surface area contributed by atoms with E-state index in [4.69, 9.17) is 16.7 Å². The molecule has 0 fully saturated rings. The Kier molecular flexibility index (Phi) is 3.17. The molecule has 68 valence electrons. The predicted octanol–water partition coefficient (Wildman–Crippen LogP) is 0.996. The van der Waals surface area contributed by atoms with E-state index >= 15 is 0 Å². The van der Waals surface area contributed by atoms with Crippen LogP contribution in [0.25, 0.3) is 0 Å². The van der Waals surface area contributed by atoms with E-state index in [2.05, 4.69) is 0 Å². The first kappa shape index (κ1) is 9.89. The van der Waals surface area contributed by atoms with E-state index in [0.717, 1.165) is 0 Å². The molecule has 1 N–H and O–H groups in total. The Morgan fingerprint density at radius 2 is 1.77 bits per heavy atom. The molecule has 0 aliphatic heterocycles. The smallest absolute Gasteiger partial charge is 0.258 e. The normalized spacial score (nSPS) is 12.2. The molecule has 0 saturated heterocycles. The SMILES string of the molecule is O=C(Cl)C(O)C(=O)c1ccccc1. The van der Waals surface area contributed by atoms with Gasteiger partial charge in [0.1, 0.15) is 0 Å². The van der Waals surface area contributed by atoms with Crippen molar-refractivity contribution in [3.63, 3.8) is 0 Å². The average Bonchev–Trinajstić information content (AvgIpc) is 2.17. The molecule has 0 spiro atoms. The van der Waals surface area contributed by atoms with Gasteiger partial charge in [0.25, 0.3) is 5.24 Å². The van der Waals surface area contributed by atoms with Crippen LogP contribution in [0.5, 0.6) is 0 Å². The minimum absolute atomic E-state index is 0.268. The van der Waals surface area contributed by atoms with Crippen molar-refractivity contribution in [1.82, 2.24) is 0 Å². The van der Waals surface area contributed by atoms with E-state index in [1.807, 2.05) is 0 Å². The summed E-state index contributed by atoms with van der Waals surface area (Å²) in [6.07, 6.45) is -1.76. The Balaban J connectivity index is 2.86. The van der Waals surface area contributed by atoms with E-state index in [1.165, 1.54) is 12.1 Å². The van der Waals surface area contributed by atoms with Crippen LogP contribution < -0.4 is 0 Å². The minimum Gasteiger partial charge on any atom is -0.376 e. The third kappa shape index (κ3) is 2.37. The van der Waals surface area contributed by atoms with E-state index in [9.17, 15) is 9.59 Å². The van der Waals surface area contributed by atoms with Crippen LogP contribution >= 0.6 is 11.6 Å². The Morgan fingerprint density at radius 3 is 2.23 bits per heavy atom. The predicted molar refractivity (Wildman–Crippen MR) is 47.6 cm³/mol.